The average Bonchev–Trinajstić information content (AvgIpc) is 3.62. The van der Waals surface area contributed by atoms with Crippen LogP contribution < -0.4 is 4.90 Å². The Hall–Kier alpha value is -3.56. The largest absolute Gasteiger partial charge is 0.472 e. The molecule has 1 N–H and O–H groups in total. The number of nitrogens with zero attached hydrogens (tertiary/aromatic N) is 4. The Balaban J connectivity index is 1.11. The van der Waals surface area contributed by atoms with Gasteiger partial charge in [0.2, 0.25) is 5.91 Å². The number of benzene rings is 1. The molecule has 3 aromatic rings. The van der Waals surface area contributed by atoms with Gasteiger partial charge in [-0.2, -0.15) is 0 Å². The Morgan fingerprint density at radius 1 is 1.11 bits per heavy atom. The average molecular weight is 489 g/mol. The minimum Gasteiger partial charge on any atom is -0.472 e. The highest BCUT2D eigenvalue weighted by Gasteiger charge is 2.49. The molecule has 3 aliphatic rings. The summed E-state index contributed by atoms with van der Waals surface area (Å²) >= 11 is 0. The molecule has 0 unspecified atom stereocenters. The lowest BCUT2D eigenvalue weighted by molar-refractivity contribution is -0.128. The number of furan rings is 1. The highest BCUT2D eigenvalue weighted by Crippen LogP contribution is 2.43. The number of hydrogen-bond acceptors (Lipinski definition) is 8. The van der Waals surface area contributed by atoms with Gasteiger partial charge in [0.25, 0.3) is 0 Å². The van der Waals surface area contributed by atoms with Crippen molar-refractivity contribution in [3.8, 4) is 11.4 Å². The van der Waals surface area contributed by atoms with Crippen LogP contribution in [0.5, 0.6) is 0 Å². The number of aliphatic hydroxyl groups is 1. The van der Waals surface area contributed by atoms with Crippen LogP contribution in [-0.4, -0.2) is 58.0 Å². The maximum Gasteiger partial charge on any atom is 0.338 e. The number of β-amino-alcohol motifs (C(OH)–C–C–N with tert-alkyl or cyclic N) is 1. The lowest BCUT2D eigenvalue weighted by Crippen LogP contribution is -2.45. The predicted molar refractivity (Wildman–Crippen MR) is 130 cm³/mol. The number of rotatable bonds is 5. The maximum absolute atomic E-state index is 13.6. The van der Waals surface area contributed by atoms with E-state index >= 15 is 0 Å². The van der Waals surface area contributed by atoms with Gasteiger partial charge in [0.05, 0.1) is 28.9 Å². The van der Waals surface area contributed by atoms with Crippen molar-refractivity contribution in [1.29, 1.82) is 0 Å². The molecule has 1 amide bonds. The van der Waals surface area contributed by atoms with Crippen molar-refractivity contribution in [3.63, 3.8) is 0 Å². The minimum absolute atomic E-state index is 0.124. The first-order valence-corrected chi connectivity index (χ1v) is 12.3. The molecule has 2 saturated heterocycles. The molecule has 0 radical (unpaired) electrons. The smallest absolute Gasteiger partial charge is 0.338 e. The van der Waals surface area contributed by atoms with Crippen LogP contribution in [0.4, 0.5) is 5.82 Å². The van der Waals surface area contributed by atoms with Gasteiger partial charge in [0.15, 0.2) is 5.82 Å². The van der Waals surface area contributed by atoms with Crippen molar-refractivity contribution in [2.75, 3.05) is 31.1 Å². The molecule has 2 fully saturated rings. The Labute approximate surface area is 208 Å². The van der Waals surface area contributed by atoms with Gasteiger partial charge in [-0.3, -0.25) is 9.69 Å². The van der Waals surface area contributed by atoms with E-state index in [0.29, 0.717) is 30.3 Å². The lowest BCUT2D eigenvalue weighted by atomic mass is 9.77. The zero-order valence-corrected chi connectivity index (χ0v) is 20.1. The molecule has 3 aliphatic heterocycles. The van der Waals surface area contributed by atoms with E-state index in [2.05, 4.69) is 14.9 Å². The first-order valence-electron chi connectivity index (χ1n) is 12.3. The normalized spacial score (nSPS) is 20.1. The van der Waals surface area contributed by atoms with E-state index in [1.807, 2.05) is 13.0 Å². The molecule has 186 valence electrons. The number of fused-ring (bicyclic) bond motifs is 1. The second kappa shape index (κ2) is 8.83. The molecular formula is C27H28N4O5. The van der Waals surface area contributed by atoms with Crippen LogP contribution in [0.2, 0.25) is 0 Å². The van der Waals surface area contributed by atoms with Crippen molar-refractivity contribution in [2.24, 2.45) is 5.41 Å². The predicted octanol–water partition coefficient (Wildman–Crippen LogP) is 3.27. The molecule has 0 bridgehead atoms. The van der Waals surface area contributed by atoms with E-state index in [4.69, 9.17) is 9.15 Å². The van der Waals surface area contributed by atoms with Crippen LogP contribution in [0.1, 0.15) is 52.4 Å². The molecule has 0 aliphatic carbocycles. The van der Waals surface area contributed by atoms with Gasteiger partial charge in [-0.05, 0) is 68.6 Å². The Kier molecular flexibility index (Phi) is 5.61. The Morgan fingerprint density at radius 2 is 1.92 bits per heavy atom. The van der Waals surface area contributed by atoms with Crippen LogP contribution in [-0.2, 0) is 16.1 Å². The summed E-state index contributed by atoms with van der Waals surface area (Å²) in [6, 6.07) is 7.16. The number of hydrogen-bond donors (Lipinski definition) is 1. The number of anilines is 1. The summed E-state index contributed by atoms with van der Waals surface area (Å²) in [7, 11) is 0. The standard InChI is InChI=1S/C27H28N4O5/c1-17-19(2-3-20-21(17)16-36-25(20)33)22(32)14-30-10-6-27(7-11-30)8-12-31(26(27)34)23-4-9-28-24(29-23)18-5-13-35-15-18/h2-5,9,13,15,22,32H,6-8,10-12,14,16H2,1H3/t22-/m0/s1. The molecular weight excluding hydrogens is 460 g/mol. The zero-order chi connectivity index (χ0) is 24.9. The van der Waals surface area contributed by atoms with Crippen molar-refractivity contribution < 1.29 is 23.8 Å². The molecule has 1 spiro atoms. The van der Waals surface area contributed by atoms with Crippen molar-refractivity contribution in [3.05, 3.63) is 65.2 Å². The quantitative estimate of drug-likeness (QED) is 0.545. The second-order valence-corrected chi connectivity index (χ2v) is 9.94. The van der Waals surface area contributed by atoms with E-state index in [1.54, 1.807) is 41.8 Å². The van der Waals surface area contributed by atoms with E-state index in [9.17, 15) is 14.7 Å². The molecule has 36 heavy (non-hydrogen) atoms. The number of esters is 1. The topological polar surface area (TPSA) is 109 Å². The Bertz CT molecular complexity index is 1310. The highest BCUT2D eigenvalue weighted by molar-refractivity contribution is 5.99. The van der Waals surface area contributed by atoms with Crippen LogP contribution >= 0.6 is 0 Å². The summed E-state index contributed by atoms with van der Waals surface area (Å²) in [5, 5.41) is 11.0. The lowest BCUT2D eigenvalue weighted by Gasteiger charge is -2.38. The third-order valence-electron chi connectivity index (χ3n) is 8.02. The number of carbonyl (C=O) groups excluding carboxylic acids is 2. The van der Waals surface area contributed by atoms with Crippen LogP contribution in [0.25, 0.3) is 11.4 Å². The highest BCUT2D eigenvalue weighted by atomic mass is 16.5. The number of aromatic nitrogens is 2. The molecule has 1 atom stereocenters. The van der Waals surface area contributed by atoms with E-state index in [1.165, 1.54) is 0 Å². The number of carbonyl (C=O) groups is 2. The second-order valence-electron chi connectivity index (χ2n) is 9.94. The van der Waals surface area contributed by atoms with Crippen molar-refractivity contribution in [1.82, 2.24) is 14.9 Å². The molecule has 9 nitrogen and oxygen atoms in total. The summed E-state index contributed by atoms with van der Waals surface area (Å²) in [5.41, 5.74) is 3.60. The summed E-state index contributed by atoms with van der Waals surface area (Å²) in [5.74, 6) is 0.983. The summed E-state index contributed by atoms with van der Waals surface area (Å²) < 4.78 is 10.3. The zero-order valence-electron chi connectivity index (χ0n) is 20.1. The van der Waals surface area contributed by atoms with Crippen LogP contribution in [0, 0.1) is 12.3 Å². The third-order valence-corrected chi connectivity index (χ3v) is 8.02. The van der Waals surface area contributed by atoms with Crippen LogP contribution in [0.3, 0.4) is 0 Å². The summed E-state index contributed by atoms with van der Waals surface area (Å²) in [6.07, 6.45) is 6.47. The van der Waals surface area contributed by atoms with Gasteiger partial charge in [0, 0.05) is 24.8 Å². The van der Waals surface area contributed by atoms with E-state index < -0.39 is 6.10 Å². The fourth-order valence-corrected chi connectivity index (χ4v) is 5.77. The minimum atomic E-state index is -0.668. The fraction of sp³-hybridized carbons (Fsp3) is 0.407. The number of likely N-dealkylation sites (tertiary alicyclic amines) is 1. The third kappa shape index (κ3) is 3.79. The molecule has 0 saturated carbocycles. The van der Waals surface area contributed by atoms with Gasteiger partial charge in [0.1, 0.15) is 18.7 Å². The monoisotopic (exact) mass is 488 g/mol. The number of aliphatic hydroxyl groups excluding tert-OH is 1. The van der Waals surface area contributed by atoms with Gasteiger partial charge in [-0.25, -0.2) is 14.8 Å². The maximum atomic E-state index is 13.6. The van der Waals surface area contributed by atoms with Gasteiger partial charge in [-0.15, -0.1) is 0 Å². The van der Waals surface area contributed by atoms with Crippen LogP contribution in [0.15, 0.2) is 47.4 Å². The number of piperidine rings is 1. The first kappa shape index (κ1) is 22.9. The summed E-state index contributed by atoms with van der Waals surface area (Å²) in [4.78, 5) is 38.3. The number of cyclic esters (lactones) is 1. The molecule has 6 rings (SSSR count). The van der Waals surface area contributed by atoms with Crippen molar-refractivity contribution >= 4 is 17.7 Å². The molecule has 1 aromatic carbocycles. The summed E-state index contributed by atoms with van der Waals surface area (Å²) in [6.45, 7) is 4.81. The van der Waals surface area contributed by atoms with Gasteiger partial charge < -0.3 is 19.2 Å². The molecule has 9 heteroatoms. The first-order chi connectivity index (χ1) is 17.4. The molecule has 5 heterocycles. The Morgan fingerprint density at radius 3 is 2.69 bits per heavy atom. The number of ether oxygens (including phenoxy) is 1. The van der Waals surface area contributed by atoms with E-state index in [0.717, 1.165) is 54.6 Å². The SMILES string of the molecule is Cc1c([C@@H](O)CN2CCC3(CC2)CCN(c2ccnc(-c4ccoc4)n2)C3=O)ccc2c1COC2=O. The molecule has 2 aromatic heterocycles. The number of amides is 1. The fourth-order valence-electron chi connectivity index (χ4n) is 5.77. The van der Waals surface area contributed by atoms with Crippen molar-refractivity contribution in [2.45, 2.75) is 38.9 Å². The van der Waals surface area contributed by atoms with Gasteiger partial charge in [-0.1, -0.05) is 6.07 Å². The van der Waals surface area contributed by atoms with E-state index in [-0.39, 0.29) is 23.9 Å². The van der Waals surface area contributed by atoms with Gasteiger partial charge >= 0.3 is 5.97 Å².